The van der Waals surface area contributed by atoms with Crippen LogP contribution < -0.4 is 5.32 Å². The van der Waals surface area contributed by atoms with Gasteiger partial charge in [0.1, 0.15) is 0 Å². The number of hydrogen-bond acceptors (Lipinski definition) is 3. The first kappa shape index (κ1) is 21.1. The predicted molar refractivity (Wildman–Crippen MR) is 114 cm³/mol. The van der Waals surface area contributed by atoms with E-state index >= 15 is 0 Å². The molecule has 0 aromatic heterocycles. The van der Waals surface area contributed by atoms with Crippen molar-refractivity contribution in [1.29, 1.82) is 0 Å². The molecule has 1 fully saturated rings. The molecule has 0 aliphatic heterocycles. The van der Waals surface area contributed by atoms with Crippen molar-refractivity contribution in [2.75, 3.05) is 6.61 Å². The zero-order valence-electron chi connectivity index (χ0n) is 17.3. The summed E-state index contributed by atoms with van der Waals surface area (Å²) >= 11 is 0. The second-order valence-electron chi connectivity index (χ2n) is 8.18. The Labute approximate surface area is 173 Å². The lowest BCUT2D eigenvalue weighted by Crippen LogP contribution is -2.45. The molecule has 2 aromatic rings. The predicted octanol–water partition coefficient (Wildman–Crippen LogP) is 4.69. The van der Waals surface area contributed by atoms with Crippen LogP contribution in [0.1, 0.15) is 56.6 Å². The largest absolute Gasteiger partial charge is 0.456 e. The smallest absolute Gasteiger partial charge is 0.307 e. The summed E-state index contributed by atoms with van der Waals surface area (Å²) in [7, 11) is 0. The Balaban J connectivity index is 1.56. The molecule has 154 valence electrons. The highest BCUT2D eigenvalue weighted by Crippen LogP contribution is 2.30. The Morgan fingerprint density at radius 1 is 0.966 bits per heavy atom. The molecule has 1 aliphatic rings. The zero-order valence-corrected chi connectivity index (χ0v) is 17.3. The molecular formula is C25H31NO3. The van der Waals surface area contributed by atoms with E-state index in [0.717, 1.165) is 24.0 Å². The van der Waals surface area contributed by atoms with Crippen LogP contribution in [0.15, 0.2) is 60.7 Å². The SMILES string of the molecule is CC1CCCC(NC(=O)COC(=O)CC(c2ccccc2)c2ccccc2)C1C. The highest BCUT2D eigenvalue weighted by Gasteiger charge is 2.28. The van der Waals surface area contributed by atoms with Crippen molar-refractivity contribution >= 4 is 11.9 Å². The first-order valence-corrected chi connectivity index (χ1v) is 10.6. The number of benzene rings is 2. The lowest BCUT2D eigenvalue weighted by atomic mass is 9.78. The van der Waals surface area contributed by atoms with E-state index in [9.17, 15) is 9.59 Å². The molecule has 0 heterocycles. The maximum atomic E-state index is 12.5. The molecule has 0 bridgehead atoms. The van der Waals surface area contributed by atoms with Crippen molar-refractivity contribution in [2.45, 2.75) is 51.5 Å². The molecule has 4 nitrogen and oxygen atoms in total. The van der Waals surface area contributed by atoms with E-state index in [-0.39, 0.29) is 36.9 Å². The average molecular weight is 394 g/mol. The van der Waals surface area contributed by atoms with Gasteiger partial charge in [-0.1, -0.05) is 87.4 Å². The van der Waals surface area contributed by atoms with E-state index in [1.54, 1.807) is 0 Å². The second kappa shape index (κ2) is 10.2. The third-order valence-electron chi connectivity index (χ3n) is 6.19. The third-order valence-corrected chi connectivity index (χ3v) is 6.19. The molecule has 1 aliphatic carbocycles. The summed E-state index contributed by atoms with van der Waals surface area (Å²) < 4.78 is 5.33. The van der Waals surface area contributed by atoms with E-state index in [2.05, 4.69) is 19.2 Å². The zero-order chi connectivity index (χ0) is 20.6. The molecule has 3 unspecified atom stereocenters. The molecule has 4 heteroatoms. The van der Waals surface area contributed by atoms with Gasteiger partial charge in [-0.25, -0.2) is 0 Å². The second-order valence-corrected chi connectivity index (χ2v) is 8.18. The fourth-order valence-corrected chi connectivity index (χ4v) is 4.20. The molecule has 0 radical (unpaired) electrons. The van der Waals surface area contributed by atoms with Crippen molar-refractivity contribution in [3.05, 3.63) is 71.8 Å². The number of ether oxygens (including phenoxy) is 1. The van der Waals surface area contributed by atoms with Crippen molar-refractivity contribution in [3.8, 4) is 0 Å². The molecule has 0 spiro atoms. The number of nitrogens with one attached hydrogen (secondary N) is 1. The van der Waals surface area contributed by atoms with E-state index in [1.165, 1.54) is 6.42 Å². The topological polar surface area (TPSA) is 55.4 Å². The fraction of sp³-hybridized carbons (Fsp3) is 0.440. The maximum absolute atomic E-state index is 12.5. The summed E-state index contributed by atoms with van der Waals surface area (Å²) in [5.74, 6) is 0.397. The van der Waals surface area contributed by atoms with Crippen molar-refractivity contribution in [2.24, 2.45) is 11.8 Å². The Hall–Kier alpha value is -2.62. The van der Waals surface area contributed by atoms with Gasteiger partial charge in [0.15, 0.2) is 6.61 Å². The van der Waals surface area contributed by atoms with Gasteiger partial charge in [0, 0.05) is 12.0 Å². The Morgan fingerprint density at radius 2 is 1.55 bits per heavy atom. The summed E-state index contributed by atoms with van der Waals surface area (Å²) in [5.41, 5.74) is 2.12. The minimum Gasteiger partial charge on any atom is -0.456 e. The molecule has 0 saturated heterocycles. The summed E-state index contributed by atoms with van der Waals surface area (Å²) in [6, 6.07) is 20.0. The fourth-order valence-electron chi connectivity index (χ4n) is 4.20. The summed E-state index contributed by atoms with van der Waals surface area (Å²) in [4.78, 5) is 24.8. The number of amides is 1. The molecular weight excluding hydrogens is 362 g/mol. The van der Waals surface area contributed by atoms with E-state index in [0.29, 0.717) is 11.8 Å². The normalized spacial score (nSPS) is 21.6. The van der Waals surface area contributed by atoms with Gasteiger partial charge >= 0.3 is 5.97 Å². The quantitative estimate of drug-likeness (QED) is 0.694. The number of rotatable bonds is 7. The van der Waals surface area contributed by atoms with Gasteiger partial charge in [0.05, 0.1) is 6.42 Å². The first-order valence-electron chi connectivity index (χ1n) is 10.6. The Kier molecular flexibility index (Phi) is 7.45. The number of carbonyl (C=O) groups excluding carboxylic acids is 2. The van der Waals surface area contributed by atoms with Gasteiger partial charge in [-0.3, -0.25) is 9.59 Å². The number of carbonyl (C=O) groups is 2. The van der Waals surface area contributed by atoms with Crippen LogP contribution in [0.2, 0.25) is 0 Å². The summed E-state index contributed by atoms with van der Waals surface area (Å²) in [5, 5.41) is 3.05. The number of esters is 1. The Bertz CT molecular complexity index is 751. The van der Waals surface area contributed by atoms with Crippen LogP contribution >= 0.6 is 0 Å². The van der Waals surface area contributed by atoms with Crippen LogP contribution in [-0.4, -0.2) is 24.5 Å². The van der Waals surface area contributed by atoms with Crippen molar-refractivity contribution < 1.29 is 14.3 Å². The lowest BCUT2D eigenvalue weighted by Gasteiger charge is -2.34. The monoisotopic (exact) mass is 393 g/mol. The molecule has 1 amide bonds. The average Bonchev–Trinajstić information content (AvgIpc) is 2.75. The van der Waals surface area contributed by atoms with E-state index in [4.69, 9.17) is 4.74 Å². The van der Waals surface area contributed by atoms with Gasteiger partial charge in [-0.15, -0.1) is 0 Å². The molecule has 29 heavy (non-hydrogen) atoms. The van der Waals surface area contributed by atoms with Gasteiger partial charge in [-0.2, -0.15) is 0 Å². The van der Waals surface area contributed by atoms with Crippen LogP contribution in [-0.2, 0) is 14.3 Å². The maximum Gasteiger partial charge on any atom is 0.307 e. The summed E-state index contributed by atoms with van der Waals surface area (Å²) in [6.45, 7) is 4.20. The minimum atomic E-state index is -0.358. The van der Waals surface area contributed by atoms with Gasteiger partial charge in [0.25, 0.3) is 5.91 Å². The van der Waals surface area contributed by atoms with E-state index in [1.807, 2.05) is 60.7 Å². The van der Waals surface area contributed by atoms with Crippen molar-refractivity contribution in [3.63, 3.8) is 0 Å². The molecule has 3 rings (SSSR count). The third kappa shape index (κ3) is 5.93. The molecule has 3 atom stereocenters. The highest BCUT2D eigenvalue weighted by molar-refractivity contribution is 5.81. The van der Waals surface area contributed by atoms with Crippen molar-refractivity contribution in [1.82, 2.24) is 5.32 Å². The van der Waals surface area contributed by atoms with Crippen LogP contribution in [0.25, 0.3) is 0 Å². The minimum absolute atomic E-state index is 0.0906. The van der Waals surface area contributed by atoms with E-state index < -0.39 is 0 Å². The molecule has 2 aromatic carbocycles. The van der Waals surface area contributed by atoms with Crippen LogP contribution in [0.3, 0.4) is 0 Å². The van der Waals surface area contributed by atoms with Crippen LogP contribution in [0.5, 0.6) is 0 Å². The van der Waals surface area contributed by atoms with Crippen LogP contribution in [0.4, 0.5) is 0 Å². The lowest BCUT2D eigenvalue weighted by molar-refractivity contribution is -0.149. The first-order chi connectivity index (χ1) is 14.0. The van der Waals surface area contributed by atoms with Gasteiger partial charge < -0.3 is 10.1 Å². The van der Waals surface area contributed by atoms with Gasteiger partial charge in [0.2, 0.25) is 0 Å². The summed E-state index contributed by atoms with van der Waals surface area (Å²) in [6.07, 6.45) is 3.54. The number of hydrogen-bond donors (Lipinski definition) is 1. The van der Waals surface area contributed by atoms with Gasteiger partial charge in [-0.05, 0) is 29.4 Å². The molecule has 1 saturated carbocycles. The Morgan fingerprint density at radius 3 is 2.14 bits per heavy atom. The highest BCUT2D eigenvalue weighted by atomic mass is 16.5. The standard InChI is InChI=1S/C25H31NO3/c1-18-10-9-15-23(19(18)2)26-24(27)17-29-25(28)16-22(20-11-5-3-6-12-20)21-13-7-4-8-14-21/h3-8,11-14,18-19,22-23H,9-10,15-17H2,1-2H3,(H,26,27). The molecule has 1 N–H and O–H groups in total. The van der Waals surface area contributed by atoms with Crippen LogP contribution in [0, 0.1) is 11.8 Å².